The number of nitrogens with one attached hydrogen (secondary N) is 1. The molecule has 138 valence electrons. The van der Waals surface area contributed by atoms with Crippen LogP contribution in [0, 0.1) is 18.8 Å². The predicted octanol–water partition coefficient (Wildman–Crippen LogP) is 3.53. The second-order valence-electron chi connectivity index (χ2n) is 6.95. The van der Waals surface area contributed by atoms with Crippen LogP contribution in [0.25, 0.3) is 0 Å². The Morgan fingerprint density at radius 3 is 2.52 bits per heavy atom. The van der Waals surface area contributed by atoms with Crippen LogP contribution >= 0.6 is 11.6 Å². The third-order valence-electron chi connectivity index (χ3n) is 5.42. The highest BCUT2D eigenvalue weighted by molar-refractivity contribution is 6.31. The number of carbonyl (C=O) groups excluding carboxylic acids is 3. The monoisotopic (exact) mass is 383 g/mol. The number of aryl methyl sites for hydroxylation is 1. The lowest BCUT2D eigenvalue weighted by Gasteiger charge is -2.09. The topological polar surface area (TPSA) is 72.5 Å². The lowest BCUT2D eigenvalue weighted by atomic mass is 9.91. The average molecular weight is 384 g/mol. The number of esters is 1. The Morgan fingerprint density at radius 1 is 1.15 bits per heavy atom. The minimum Gasteiger partial charge on any atom is -0.466 e. The van der Waals surface area contributed by atoms with Gasteiger partial charge in [-0.2, -0.15) is 0 Å². The van der Waals surface area contributed by atoms with Gasteiger partial charge in [0.15, 0.2) is 5.78 Å². The Morgan fingerprint density at radius 2 is 1.85 bits per heavy atom. The maximum Gasteiger partial charge on any atom is 0.311 e. The van der Waals surface area contributed by atoms with E-state index in [1.807, 2.05) is 19.1 Å². The van der Waals surface area contributed by atoms with Crippen molar-refractivity contribution in [3.05, 3.63) is 64.2 Å². The number of rotatable bonds is 4. The van der Waals surface area contributed by atoms with E-state index in [4.69, 9.17) is 16.3 Å². The molecule has 3 atom stereocenters. The first-order chi connectivity index (χ1) is 12.9. The Hall–Kier alpha value is -2.66. The fourth-order valence-corrected chi connectivity index (χ4v) is 4.30. The largest absolute Gasteiger partial charge is 0.466 e. The van der Waals surface area contributed by atoms with Crippen molar-refractivity contribution in [1.82, 2.24) is 0 Å². The van der Waals surface area contributed by atoms with Gasteiger partial charge in [-0.1, -0.05) is 41.4 Å². The van der Waals surface area contributed by atoms with Crippen molar-refractivity contribution in [2.75, 3.05) is 11.9 Å². The second-order valence-corrected chi connectivity index (χ2v) is 7.39. The molecule has 6 heteroatoms. The molecule has 0 aromatic heterocycles. The zero-order valence-corrected chi connectivity index (χ0v) is 15.7. The first-order valence-electron chi connectivity index (χ1n) is 8.80. The van der Waals surface area contributed by atoms with E-state index in [-0.39, 0.29) is 18.3 Å². The van der Waals surface area contributed by atoms with E-state index in [2.05, 4.69) is 5.32 Å². The van der Waals surface area contributed by atoms with E-state index in [9.17, 15) is 14.4 Å². The molecule has 1 unspecified atom stereocenters. The van der Waals surface area contributed by atoms with Crippen molar-refractivity contribution >= 4 is 34.9 Å². The molecule has 2 aromatic carbocycles. The fourth-order valence-electron chi connectivity index (χ4n) is 4.13. The normalized spacial score (nSPS) is 25.1. The van der Waals surface area contributed by atoms with Crippen LogP contribution in [0.5, 0.6) is 0 Å². The van der Waals surface area contributed by atoms with Crippen LogP contribution in [-0.2, 0) is 19.7 Å². The highest BCUT2D eigenvalue weighted by atomic mass is 35.5. The highest BCUT2D eigenvalue weighted by Gasteiger charge is 2.79. The Bertz CT molecular complexity index is 969. The fraction of sp³-hybridized carbons (Fsp3) is 0.286. The van der Waals surface area contributed by atoms with Crippen LogP contribution in [0.15, 0.2) is 42.5 Å². The molecule has 1 heterocycles. The van der Waals surface area contributed by atoms with E-state index >= 15 is 0 Å². The number of carbonyl (C=O) groups is 3. The van der Waals surface area contributed by atoms with Crippen LogP contribution in [0.3, 0.4) is 0 Å². The summed E-state index contributed by atoms with van der Waals surface area (Å²) >= 11 is 6.14. The van der Waals surface area contributed by atoms with Gasteiger partial charge in [-0.25, -0.2) is 0 Å². The molecule has 0 radical (unpaired) electrons. The zero-order valence-electron chi connectivity index (χ0n) is 14.9. The van der Waals surface area contributed by atoms with Crippen LogP contribution < -0.4 is 5.32 Å². The van der Waals surface area contributed by atoms with Gasteiger partial charge in [-0.3, -0.25) is 14.4 Å². The van der Waals surface area contributed by atoms with E-state index < -0.39 is 23.2 Å². The van der Waals surface area contributed by atoms with Gasteiger partial charge < -0.3 is 10.1 Å². The van der Waals surface area contributed by atoms with Gasteiger partial charge in [0.2, 0.25) is 5.91 Å². The Labute approximate surface area is 161 Å². The number of hydrogen-bond acceptors (Lipinski definition) is 4. The number of ether oxygens (including phenoxy) is 1. The first-order valence-corrected chi connectivity index (χ1v) is 9.18. The van der Waals surface area contributed by atoms with Gasteiger partial charge in [-0.05, 0) is 37.6 Å². The molecular weight excluding hydrogens is 366 g/mol. The molecule has 1 saturated carbocycles. The van der Waals surface area contributed by atoms with Crippen molar-refractivity contribution in [3.8, 4) is 0 Å². The standard InChI is InChI=1S/C21H18ClNO4/c1-3-27-19(25)17-16(18(24)12-6-4-11(2)5-7-12)21(17)14-10-13(22)8-9-15(14)23-20(21)26/h4-10,16-17H,3H2,1-2H3,(H,23,26)/t16-,17-,21?/m1/s1. The van der Waals surface area contributed by atoms with Gasteiger partial charge in [0.25, 0.3) is 0 Å². The quantitative estimate of drug-likeness (QED) is 0.647. The molecule has 1 amide bonds. The molecule has 0 saturated heterocycles. The van der Waals surface area contributed by atoms with Crippen molar-refractivity contribution in [2.45, 2.75) is 19.3 Å². The van der Waals surface area contributed by atoms with Crippen molar-refractivity contribution in [3.63, 3.8) is 0 Å². The molecular formula is C21H18ClNO4. The minimum atomic E-state index is -1.26. The Kier molecular flexibility index (Phi) is 4.07. The maximum absolute atomic E-state index is 13.2. The number of fused-ring (bicyclic) bond motifs is 2. The van der Waals surface area contributed by atoms with Gasteiger partial charge >= 0.3 is 5.97 Å². The number of anilines is 1. The molecule has 27 heavy (non-hydrogen) atoms. The van der Waals surface area contributed by atoms with E-state index in [1.165, 1.54) is 0 Å². The SMILES string of the molecule is CCOC(=O)[C@H]1[C@H](C(=O)c2ccc(C)cc2)C12C(=O)Nc1ccc(Cl)cc12. The van der Waals surface area contributed by atoms with Gasteiger partial charge in [-0.15, -0.1) is 0 Å². The number of Topliss-reactive ketones (excluding diaryl/α,β-unsaturated/α-hetero) is 1. The number of amides is 1. The van der Waals surface area contributed by atoms with Crippen LogP contribution in [0.1, 0.15) is 28.4 Å². The molecule has 1 fully saturated rings. The lowest BCUT2D eigenvalue weighted by molar-refractivity contribution is -0.146. The molecule has 5 nitrogen and oxygen atoms in total. The molecule has 1 N–H and O–H groups in total. The van der Waals surface area contributed by atoms with Crippen LogP contribution in [0.2, 0.25) is 5.02 Å². The summed E-state index contributed by atoms with van der Waals surface area (Å²) < 4.78 is 5.18. The number of ketones is 1. The van der Waals surface area contributed by atoms with Gasteiger partial charge in [0, 0.05) is 16.3 Å². The second kappa shape index (κ2) is 6.20. The minimum absolute atomic E-state index is 0.181. The highest BCUT2D eigenvalue weighted by Crippen LogP contribution is 2.66. The van der Waals surface area contributed by atoms with Crippen LogP contribution in [-0.4, -0.2) is 24.3 Å². The number of hydrogen-bond donors (Lipinski definition) is 1. The summed E-state index contributed by atoms with van der Waals surface area (Å²) in [5, 5.41) is 3.24. The van der Waals surface area contributed by atoms with E-state index in [1.54, 1.807) is 37.3 Å². The average Bonchev–Trinajstić information content (AvgIpc) is 3.26. The zero-order chi connectivity index (χ0) is 19.3. The molecule has 1 aliphatic carbocycles. The third kappa shape index (κ3) is 2.49. The van der Waals surface area contributed by atoms with Crippen molar-refractivity contribution in [1.29, 1.82) is 0 Å². The molecule has 2 aromatic rings. The third-order valence-corrected chi connectivity index (χ3v) is 5.65. The van der Waals surface area contributed by atoms with Gasteiger partial charge in [0.1, 0.15) is 5.41 Å². The van der Waals surface area contributed by atoms with E-state index in [0.29, 0.717) is 21.8 Å². The summed E-state index contributed by atoms with van der Waals surface area (Å²) in [5.41, 5.74) is 1.41. The van der Waals surface area contributed by atoms with Crippen molar-refractivity contribution in [2.24, 2.45) is 11.8 Å². The molecule has 4 rings (SSSR count). The summed E-state index contributed by atoms with van der Waals surface area (Å²) in [5.74, 6) is -2.80. The Balaban J connectivity index is 1.82. The van der Waals surface area contributed by atoms with E-state index in [0.717, 1.165) is 5.56 Å². The molecule has 2 aliphatic rings. The first kappa shape index (κ1) is 17.7. The molecule has 0 bridgehead atoms. The number of benzene rings is 2. The van der Waals surface area contributed by atoms with Crippen LogP contribution in [0.4, 0.5) is 5.69 Å². The summed E-state index contributed by atoms with van der Waals surface area (Å²) in [6.07, 6.45) is 0. The lowest BCUT2D eigenvalue weighted by Crippen LogP contribution is -2.26. The smallest absolute Gasteiger partial charge is 0.311 e. The summed E-state index contributed by atoms with van der Waals surface area (Å²) in [6, 6.07) is 12.1. The van der Waals surface area contributed by atoms with Crippen molar-refractivity contribution < 1.29 is 19.1 Å². The predicted molar refractivity (Wildman–Crippen MR) is 101 cm³/mol. The number of halogens is 1. The summed E-state index contributed by atoms with van der Waals surface area (Å²) in [4.78, 5) is 38.8. The molecule has 1 aliphatic heterocycles. The summed E-state index contributed by atoms with van der Waals surface area (Å²) in [7, 11) is 0. The van der Waals surface area contributed by atoms with Gasteiger partial charge in [0.05, 0.1) is 18.4 Å². The summed E-state index contributed by atoms with van der Waals surface area (Å²) in [6.45, 7) is 3.81. The maximum atomic E-state index is 13.2. The molecule has 1 spiro atoms.